The first kappa shape index (κ1) is 20.4. The van der Waals surface area contributed by atoms with Crippen LogP contribution in [0, 0.1) is 25.5 Å². The summed E-state index contributed by atoms with van der Waals surface area (Å²) in [6.45, 7) is 5.39. The Labute approximate surface area is 176 Å². The quantitative estimate of drug-likeness (QED) is 0.510. The number of rotatable bonds is 5. The predicted octanol–water partition coefficient (Wildman–Crippen LogP) is 4.33. The van der Waals surface area contributed by atoms with Gasteiger partial charge in [0, 0.05) is 27.7 Å². The predicted molar refractivity (Wildman–Crippen MR) is 109 cm³/mol. The SMILES string of the molecule is Cc1cc(Cl)cc2c(C)n([C@H](C)[C@](O)(Cn3cncn3)c3ccc(F)cc3F)nc12. The van der Waals surface area contributed by atoms with Crippen LogP contribution in [0.1, 0.15) is 29.8 Å². The van der Waals surface area contributed by atoms with Gasteiger partial charge in [0.05, 0.1) is 18.1 Å². The van der Waals surface area contributed by atoms with Crippen LogP contribution in [0.5, 0.6) is 0 Å². The van der Waals surface area contributed by atoms with E-state index in [0.29, 0.717) is 5.02 Å². The van der Waals surface area contributed by atoms with Crippen LogP contribution in [0.15, 0.2) is 43.0 Å². The molecule has 0 unspecified atom stereocenters. The van der Waals surface area contributed by atoms with Crippen molar-refractivity contribution in [2.75, 3.05) is 0 Å². The van der Waals surface area contributed by atoms with E-state index in [9.17, 15) is 13.9 Å². The number of hydrogen-bond acceptors (Lipinski definition) is 4. The normalized spacial score (nSPS) is 14.8. The Morgan fingerprint density at radius 1 is 1.20 bits per heavy atom. The topological polar surface area (TPSA) is 68.8 Å². The summed E-state index contributed by atoms with van der Waals surface area (Å²) in [6, 6.07) is 6.01. The monoisotopic (exact) mass is 431 g/mol. The van der Waals surface area contributed by atoms with Gasteiger partial charge in [-0.05, 0) is 44.5 Å². The lowest BCUT2D eigenvalue weighted by Gasteiger charge is -2.35. The first-order valence-corrected chi connectivity index (χ1v) is 9.74. The lowest BCUT2D eigenvalue weighted by atomic mass is 9.86. The Bertz CT molecular complexity index is 1220. The van der Waals surface area contributed by atoms with Gasteiger partial charge in [0.15, 0.2) is 0 Å². The van der Waals surface area contributed by atoms with E-state index in [1.54, 1.807) is 11.6 Å². The molecule has 2 aromatic carbocycles. The second-order valence-electron chi connectivity index (χ2n) is 7.47. The third kappa shape index (κ3) is 3.36. The molecule has 0 saturated carbocycles. The van der Waals surface area contributed by atoms with Crippen molar-refractivity contribution in [2.45, 2.75) is 39.0 Å². The van der Waals surface area contributed by atoms with Gasteiger partial charge in [-0.3, -0.25) is 4.68 Å². The molecule has 0 aliphatic rings. The molecule has 156 valence electrons. The van der Waals surface area contributed by atoms with E-state index in [4.69, 9.17) is 11.6 Å². The zero-order chi connectivity index (χ0) is 21.6. The summed E-state index contributed by atoms with van der Waals surface area (Å²) in [5.41, 5.74) is 0.546. The van der Waals surface area contributed by atoms with Crippen molar-refractivity contribution in [3.05, 3.63) is 76.5 Å². The van der Waals surface area contributed by atoms with Gasteiger partial charge >= 0.3 is 0 Å². The number of aliphatic hydroxyl groups is 1. The Morgan fingerprint density at radius 3 is 2.63 bits per heavy atom. The summed E-state index contributed by atoms with van der Waals surface area (Å²) in [6.07, 6.45) is 2.75. The molecule has 2 heterocycles. The maximum atomic E-state index is 14.8. The van der Waals surface area contributed by atoms with E-state index < -0.39 is 23.3 Å². The highest BCUT2D eigenvalue weighted by atomic mass is 35.5. The van der Waals surface area contributed by atoms with Gasteiger partial charge in [0.1, 0.15) is 29.9 Å². The molecule has 4 rings (SSSR count). The minimum atomic E-state index is -1.80. The number of hydrogen-bond donors (Lipinski definition) is 1. The summed E-state index contributed by atoms with van der Waals surface area (Å²) in [5, 5.41) is 21.9. The Morgan fingerprint density at radius 2 is 1.97 bits per heavy atom. The summed E-state index contributed by atoms with van der Waals surface area (Å²) in [5.74, 6) is -1.57. The fourth-order valence-corrected chi connectivity index (χ4v) is 4.15. The van der Waals surface area contributed by atoms with E-state index in [1.165, 1.54) is 23.4 Å². The second kappa shape index (κ2) is 7.45. The minimum Gasteiger partial charge on any atom is -0.381 e. The van der Waals surface area contributed by atoms with Crippen molar-refractivity contribution >= 4 is 22.5 Å². The van der Waals surface area contributed by atoms with Gasteiger partial charge in [0.25, 0.3) is 0 Å². The molecule has 2 aromatic heterocycles. The first-order valence-electron chi connectivity index (χ1n) is 9.36. The van der Waals surface area contributed by atoms with Crippen LogP contribution in [-0.2, 0) is 12.1 Å². The van der Waals surface area contributed by atoms with Crippen LogP contribution < -0.4 is 0 Å². The molecule has 6 nitrogen and oxygen atoms in total. The lowest BCUT2D eigenvalue weighted by Crippen LogP contribution is -2.41. The van der Waals surface area contributed by atoms with Gasteiger partial charge < -0.3 is 5.11 Å². The number of nitrogens with zero attached hydrogens (tertiary/aromatic N) is 5. The van der Waals surface area contributed by atoms with Crippen LogP contribution in [-0.4, -0.2) is 29.7 Å². The summed E-state index contributed by atoms with van der Waals surface area (Å²) >= 11 is 6.21. The summed E-state index contributed by atoms with van der Waals surface area (Å²) in [4.78, 5) is 3.89. The molecule has 0 radical (unpaired) electrons. The van der Waals surface area contributed by atoms with Crippen molar-refractivity contribution in [3.8, 4) is 0 Å². The van der Waals surface area contributed by atoms with E-state index in [1.807, 2.05) is 26.0 Å². The van der Waals surface area contributed by atoms with E-state index in [-0.39, 0.29) is 12.1 Å². The average Bonchev–Trinajstić information content (AvgIpc) is 3.29. The van der Waals surface area contributed by atoms with Gasteiger partial charge in [-0.1, -0.05) is 17.7 Å². The Hall–Kier alpha value is -2.84. The molecule has 9 heteroatoms. The molecule has 4 aromatic rings. The third-order valence-electron chi connectivity index (χ3n) is 5.53. The van der Waals surface area contributed by atoms with Crippen LogP contribution >= 0.6 is 11.6 Å². The molecule has 30 heavy (non-hydrogen) atoms. The Balaban J connectivity index is 1.90. The fourth-order valence-electron chi connectivity index (χ4n) is 3.87. The van der Waals surface area contributed by atoms with Crippen molar-refractivity contribution in [3.63, 3.8) is 0 Å². The maximum Gasteiger partial charge on any atom is 0.137 e. The number of aryl methyl sites for hydroxylation is 2. The number of aromatic nitrogens is 5. The summed E-state index contributed by atoms with van der Waals surface area (Å²) < 4.78 is 31.4. The lowest BCUT2D eigenvalue weighted by molar-refractivity contribution is -0.0372. The van der Waals surface area contributed by atoms with Crippen LogP contribution in [0.25, 0.3) is 10.9 Å². The van der Waals surface area contributed by atoms with Crippen LogP contribution in [0.4, 0.5) is 8.78 Å². The van der Waals surface area contributed by atoms with E-state index in [0.717, 1.165) is 34.3 Å². The molecular weight excluding hydrogens is 412 g/mol. The number of halogens is 3. The molecular formula is C21H20ClF2N5O. The largest absolute Gasteiger partial charge is 0.381 e. The fraction of sp³-hybridized carbons (Fsp3) is 0.286. The van der Waals surface area contributed by atoms with Crippen LogP contribution in [0.2, 0.25) is 5.02 Å². The van der Waals surface area contributed by atoms with Crippen molar-refractivity contribution in [1.82, 2.24) is 24.5 Å². The van der Waals surface area contributed by atoms with Crippen molar-refractivity contribution in [2.24, 2.45) is 0 Å². The summed E-state index contributed by atoms with van der Waals surface area (Å²) in [7, 11) is 0. The molecule has 0 aliphatic carbocycles. The standard InChI is InChI=1S/C21H20ClF2N5O/c1-12-6-15(22)7-17-13(2)29(27-20(12)17)14(3)21(30,9-28-11-25-10-26-28)18-5-4-16(23)8-19(18)24/h4-8,10-11,14,30H,9H2,1-3H3/t14-,21-/m1/s1. The first-order chi connectivity index (χ1) is 14.2. The average molecular weight is 432 g/mol. The highest BCUT2D eigenvalue weighted by molar-refractivity contribution is 6.31. The zero-order valence-corrected chi connectivity index (χ0v) is 17.4. The van der Waals surface area contributed by atoms with Gasteiger partial charge in [0.2, 0.25) is 0 Å². The molecule has 0 aliphatic heterocycles. The molecule has 2 atom stereocenters. The maximum absolute atomic E-state index is 14.8. The van der Waals surface area contributed by atoms with E-state index >= 15 is 0 Å². The second-order valence-corrected chi connectivity index (χ2v) is 7.90. The smallest absolute Gasteiger partial charge is 0.137 e. The highest BCUT2D eigenvalue weighted by Crippen LogP contribution is 2.38. The molecule has 0 bridgehead atoms. The molecule has 0 spiro atoms. The van der Waals surface area contributed by atoms with Gasteiger partial charge in [-0.25, -0.2) is 18.4 Å². The Kier molecular flexibility index (Phi) is 5.07. The van der Waals surface area contributed by atoms with E-state index in [2.05, 4.69) is 15.2 Å². The third-order valence-corrected chi connectivity index (χ3v) is 5.75. The van der Waals surface area contributed by atoms with Crippen LogP contribution in [0.3, 0.4) is 0 Å². The zero-order valence-electron chi connectivity index (χ0n) is 16.6. The molecule has 0 saturated heterocycles. The van der Waals surface area contributed by atoms with Gasteiger partial charge in [-0.2, -0.15) is 10.2 Å². The molecule has 0 amide bonds. The van der Waals surface area contributed by atoms with Gasteiger partial charge in [-0.15, -0.1) is 0 Å². The van der Waals surface area contributed by atoms with Crippen molar-refractivity contribution < 1.29 is 13.9 Å². The highest BCUT2D eigenvalue weighted by Gasteiger charge is 2.41. The number of fused-ring (bicyclic) bond motifs is 1. The molecule has 1 N–H and O–H groups in total. The number of benzene rings is 2. The van der Waals surface area contributed by atoms with Crippen molar-refractivity contribution in [1.29, 1.82) is 0 Å². The molecule has 0 fully saturated rings. The minimum absolute atomic E-state index is 0.0550.